The predicted molar refractivity (Wildman–Crippen MR) is 84.7 cm³/mol. The molecule has 0 saturated heterocycles. The zero-order valence-electron chi connectivity index (χ0n) is 13.1. The number of carbonyl (C=O) groups excluding carboxylic acids is 1. The topological polar surface area (TPSA) is 53.9 Å². The van der Waals surface area contributed by atoms with Gasteiger partial charge in [0.2, 0.25) is 0 Å². The Kier molecular flexibility index (Phi) is 4.50. The zero-order valence-corrected chi connectivity index (χ0v) is 13.1. The van der Waals surface area contributed by atoms with Crippen molar-refractivity contribution in [3.8, 4) is 0 Å². The number of anilines is 1. The second kappa shape index (κ2) is 6.16. The number of hydrogen-bond acceptors (Lipinski definition) is 3. The van der Waals surface area contributed by atoms with Crippen LogP contribution >= 0.6 is 0 Å². The van der Waals surface area contributed by atoms with Crippen molar-refractivity contribution in [3.05, 3.63) is 29.8 Å². The number of esters is 1. The van der Waals surface area contributed by atoms with Crippen molar-refractivity contribution < 1.29 is 9.53 Å². The lowest BCUT2D eigenvalue weighted by atomic mass is 10.2. The molecule has 0 bridgehead atoms. The molecule has 0 amide bonds. The molecule has 0 radical (unpaired) electrons. The molecule has 0 aliphatic carbocycles. The number of ether oxygens (including phenoxy) is 1. The SMILES string of the molecule is CN=C(NCC(=O)OC(C)(C)C)N1CCc2ccccc21. The molecule has 5 nitrogen and oxygen atoms in total. The number of carbonyl (C=O) groups is 1. The fourth-order valence-corrected chi connectivity index (χ4v) is 2.38. The van der Waals surface area contributed by atoms with Gasteiger partial charge in [-0.1, -0.05) is 18.2 Å². The van der Waals surface area contributed by atoms with E-state index >= 15 is 0 Å². The Bertz CT molecular complexity index is 547. The van der Waals surface area contributed by atoms with Crippen LogP contribution in [-0.2, 0) is 16.0 Å². The third-order valence-corrected chi connectivity index (χ3v) is 3.17. The van der Waals surface area contributed by atoms with Gasteiger partial charge in [0.25, 0.3) is 0 Å². The third-order valence-electron chi connectivity index (χ3n) is 3.17. The van der Waals surface area contributed by atoms with Crippen LogP contribution in [0.5, 0.6) is 0 Å². The lowest BCUT2D eigenvalue weighted by molar-refractivity contribution is -0.153. The van der Waals surface area contributed by atoms with E-state index in [2.05, 4.69) is 27.3 Å². The Labute approximate surface area is 126 Å². The Morgan fingerprint density at radius 1 is 1.38 bits per heavy atom. The number of nitrogens with one attached hydrogen (secondary N) is 1. The summed E-state index contributed by atoms with van der Waals surface area (Å²) in [5, 5.41) is 3.08. The highest BCUT2D eigenvalue weighted by molar-refractivity contribution is 5.99. The molecule has 2 rings (SSSR count). The molecule has 1 aliphatic rings. The van der Waals surface area contributed by atoms with E-state index in [0.717, 1.165) is 18.7 Å². The Morgan fingerprint density at radius 3 is 2.76 bits per heavy atom. The number of fused-ring (bicyclic) bond motifs is 1. The molecular formula is C16H23N3O2. The van der Waals surface area contributed by atoms with Crippen LogP contribution in [0, 0.1) is 0 Å². The third kappa shape index (κ3) is 3.97. The molecule has 5 heteroatoms. The number of benzene rings is 1. The molecule has 0 aromatic heterocycles. The minimum atomic E-state index is -0.470. The maximum Gasteiger partial charge on any atom is 0.325 e. The highest BCUT2D eigenvalue weighted by atomic mass is 16.6. The van der Waals surface area contributed by atoms with Crippen molar-refractivity contribution in [2.75, 3.05) is 25.0 Å². The highest BCUT2D eigenvalue weighted by Gasteiger charge is 2.23. The van der Waals surface area contributed by atoms with E-state index in [1.54, 1.807) is 7.05 Å². The molecule has 0 atom stereocenters. The van der Waals surface area contributed by atoms with E-state index in [1.807, 2.05) is 32.9 Å². The lowest BCUT2D eigenvalue weighted by Crippen LogP contribution is -2.43. The van der Waals surface area contributed by atoms with Crippen LogP contribution in [0.4, 0.5) is 5.69 Å². The summed E-state index contributed by atoms with van der Waals surface area (Å²) < 4.78 is 5.29. The van der Waals surface area contributed by atoms with Crippen molar-refractivity contribution in [2.24, 2.45) is 4.99 Å². The second-order valence-corrected chi connectivity index (χ2v) is 6.02. The Balaban J connectivity index is 1.98. The van der Waals surface area contributed by atoms with E-state index in [0.29, 0.717) is 5.96 Å². The summed E-state index contributed by atoms with van der Waals surface area (Å²) in [6, 6.07) is 8.25. The first kappa shape index (κ1) is 15.4. The normalized spacial score (nSPS) is 14.9. The van der Waals surface area contributed by atoms with Crippen LogP contribution in [0.1, 0.15) is 26.3 Å². The smallest absolute Gasteiger partial charge is 0.325 e. The lowest BCUT2D eigenvalue weighted by Gasteiger charge is -2.23. The average Bonchev–Trinajstić information content (AvgIpc) is 2.82. The number of para-hydroxylation sites is 1. The van der Waals surface area contributed by atoms with Gasteiger partial charge in [0.1, 0.15) is 12.1 Å². The molecule has 114 valence electrons. The van der Waals surface area contributed by atoms with Crippen LogP contribution in [0.3, 0.4) is 0 Å². The van der Waals surface area contributed by atoms with Crippen molar-refractivity contribution in [1.82, 2.24) is 5.32 Å². The predicted octanol–water partition coefficient (Wildman–Crippen LogP) is 1.97. The molecule has 0 fully saturated rings. The van der Waals surface area contributed by atoms with Crippen LogP contribution in [-0.4, -0.2) is 37.7 Å². The Hall–Kier alpha value is -2.04. The first-order valence-corrected chi connectivity index (χ1v) is 7.18. The molecule has 1 N–H and O–H groups in total. The minimum Gasteiger partial charge on any atom is -0.459 e. The van der Waals surface area contributed by atoms with E-state index < -0.39 is 5.60 Å². The molecule has 1 aromatic carbocycles. The van der Waals surface area contributed by atoms with Crippen molar-refractivity contribution in [2.45, 2.75) is 32.8 Å². The first-order valence-electron chi connectivity index (χ1n) is 7.18. The van der Waals surface area contributed by atoms with Gasteiger partial charge in [0.15, 0.2) is 5.96 Å². The summed E-state index contributed by atoms with van der Waals surface area (Å²) in [7, 11) is 1.72. The summed E-state index contributed by atoms with van der Waals surface area (Å²) in [6.45, 7) is 6.55. The molecule has 1 heterocycles. The van der Waals surface area contributed by atoms with Crippen LogP contribution in [0.15, 0.2) is 29.3 Å². The maximum absolute atomic E-state index is 11.8. The fraction of sp³-hybridized carbons (Fsp3) is 0.500. The molecular weight excluding hydrogens is 266 g/mol. The Morgan fingerprint density at radius 2 is 2.10 bits per heavy atom. The van der Waals surface area contributed by atoms with Crippen molar-refractivity contribution >= 4 is 17.6 Å². The van der Waals surface area contributed by atoms with Crippen LogP contribution < -0.4 is 10.2 Å². The minimum absolute atomic E-state index is 0.114. The molecule has 21 heavy (non-hydrogen) atoms. The number of hydrogen-bond donors (Lipinski definition) is 1. The number of aliphatic imine (C=N–C) groups is 1. The van der Waals surface area contributed by atoms with Gasteiger partial charge in [-0.05, 0) is 38.8 Å². The van der Waals surface area contributed by atoms with Gasteiger partial charge in [-0.3, -0.25) is 9.79 Å². The molecule has 1 aliphatic heterocycles. The molecule has 0 spiro atoms. The van der Waals surface area contributed by atoms with E-state index in [-0.39, 0.29) is 12.5 Å². The van der Waals surface area contributed by atoms with Gasteiger partial charge < -0.3 is 15.0 Å². The molecule has 1 aromatic rings. The summed E-state index contributed by atoms with van der Waals surface area (Å²) in [5.41, 5.74) is 1.98. The summed E-state index contributed by atoms with van der Waals surface area (Å²) in [4.78, 5) is 18.1. The van der Waals surface area contributed by atoms with E-state index in [9.17, 15) is 4.79 Å². The fourth-order valence-electron chi connectivity index (χ4n) is 2.38. The van der Waals surface area contributed by atoms with Crippen molar-refractivity contribution in [1.29, 1.82) is 0 Å². The van der Waals surface area contributed by atoms with Gasteiger partial charge in [-0.25, -0.2) is 0 Å². The number of guanidine groups is 1. The highest BCUT2D eigenvalue weighted by Crippen LogP contribution is 2.27. The second-order valence-electron chi connectivity index (χ2n) is 6.02. The number of nitrogens with zero attached hydrogens (tertiary/aromatic N) is 2. The van der Waals surface area contributed by atoms with Gasteiger partial charge in [-0.15, -0.1) is 0 Å². The van der Waals surface area contributed by atoms with E-state index in [1.165, 1.54) is 5.56 Å². The van der Waals surface area contributed by atoms with Gasteiger partial charge >= 0.3 is 5.97 Å². The standard InChI is InChI=1S/C16H23N3O2/c1-16(2,3)21-14(20)11-18-15(17-4)19-10-9-12-7-5-6-8-13(12)19/h5-8H,9-11H2,1-4H3,(H,17,18). The first-order chi connectivity index (χ1) is 9.90. The quantitative estimate of drug-likeness (QED) is 0.514. The summed E-state index contributed by atoms with van der Waals surface area (Å²) >= 11 is 0. The maximum atomic E-state index is 11.8. The van der Waals surface area contributed by atoms with Gasteiger partial charge in [0.05, 0.1) is 0 Å². The molecule has 0 unspecified atom stereocenters. The van der Waals surface area contributed by atoms with Crippen LogP contribution in [0.25, 0.3) is 0 Å². The average molecular weight is 289 g/mol. The number of rotatable bonds is 2. The van der Waals surface area contributed by atoms with Gasteiger partial charge in [-0.2, -0.15) is 0 Å². The molecule has 0 saturated carbocycles. The van der Waals surface area contributed by atoms with E-state index in [4.69, 9.17) is 4.74 Å². The zero-order chi connectivity index (χ0) is 15.5. The monoisotopic (exact) mass is 289 g/mol. The summed E-state index contributed by atoms with van der Waals surface area (Å²) in [6.07, 6.45) is 0.989. The largest absolute Gasteiger partial charge is 0.459 e. The van der Waals surface area contributed by atoms with Gasteiger partial charge in [0, 0.05) is 19.3 Å². The van der Waals surface area contributed by atoms with Crippen LogP contribution in [0.2, 0.25) is 0 Å². The van der Waals surface area contributed by atoms with Crippen molar-refractivity contribution in [3.63, 3.8) is 0 Å². The summed E-state index contributed by atoms with van der Waals surface area (Å²) in [5.74, 6) is 0.418.